The molecule has 7 heteroatoms. The molecule has 0 bridgehead atoms. The molecule has 114 valence electrons. The number of nitrogens with zero attached hydrogens (tertiary/aromatic N) is 3. The van der Waals surface area contributed by atoms with E-state index in [2.05, 4.69) is 22.3 Å². The van der Waals surface area contributed by atoms with Crippen molar-refractivity contribution in [1.29, 1.82) is 0 Å². The largest absolute Gasteiger partial charge is 0.346 e. The molecule has 2 heterocycles. The molecule has 0 fully saturated rings. The molecule has 3 aromatic rings. The first-order valence-electron chi connectivity index (χ1n) is 6.96. The summed E-state index contributed by atoms with van der Waals surface area (Å²) in [5.74, 6) is -0.142. The summed E-state index contributed by atoms with van der Waals surface area (Å²) in [5.41, 5.74) is 2.38. The van der Waals surface area contributed by atoms with Crippen LogP contribution < -0.4 is 5.32 Å². The molecule has 0 spiro atoms. The Kier molecular flexibility index (Phi) is 4.13. The summed E-state index contributed by atoms with van der Waals surface area (Å²) in [6.07, 6.45) is 0.879. The minimum Gasteiger partial charge on any atom is -0.346 e. The zero-order valence-corrected chi connectivity index (χ0v) is 13.8. The van der Waals surface area contributed by atoms with Crippen molar-refractivity contribution in [2.45, 2.75) is 26.8 Å². The number of amides is 1. The third kappa shape index (κ3) is 2.84. The molecule has 0 saturated carbocycles. The monoisotopic (exact) mass is 334 g/mol. The lowest BCUT2D eigenvalue weighted by Crippen LogP contribution is -2.24. The molecule has 0 radical (unpaired) electrons. The molecule has 5 nitrogen and oxygen atoms in total. The molecule has 1 N–H and O–H groups in total. The number of fused-ring (bicyclic) bond motifs is 1. The lowest BCUT2D eigenvalue weighted by molar-refractivity contribution is 0.0950. The van der Waals surface area contributed by atoms with Gasteiger partial charge in [-0.05, 0) is 37.6 Å². The maximum absolute atomic E-state index is 12.2. The third-order valence-corrected chi connectivity index (χ3v) is 4.67. The Morgan fingerprint density at radius 1 is 1.36 bits per heavy atom. The molecular weight excluding hydrogens is 320 g/mol. The summed E-state index contributed by atoms with van der Waals surface area (Å²) in [7, 11) is 0. The maximum Gasteiger partial charge on any atom is 0.251 e. The molecule has 0 aliphatic heterocycles. The van der Waals surface area contributed by atoms with E-state index >= 15 is 0 Å². The number of aromatic nitrogens is 3. The van der Waals surface area contributed by atoms with Gasteiger partial charge in [-0.15, -0.1) is 0 Å². The summed E-state index contributed by atoms with van der Waals surface area (Å²) >= 11 is 7.40. The number of nitrogens with one attached hydrogen (secondary N) is 1. The first-order valence-corrected chi connectivity index (χ1v) is 8.15. The number of benzene rings is 1. The molecule has 0 atom stereocenters. The van der Waals surface area contributed by atoms with E-state index in [1.54, 1.807) is 35.6 Å². The Balaban J connectivity index is 1.78. The lowest BCUT2D eigenvalue weighted by Gasteiger charge is -2.05. The smallest absolute Gasteiger partial charge is 0.251 e. The van der Waals surface area contributed by atoms with Crippen molar-refractivity contribution in [3.05, 3.63) is 51.2 Å². The Bertz CT molecular complexity index is 822. The topological polar surface area (TPSA) is 59.3 Å². The van der Waals surface area contributed by atoms with Crippen molar-refractivity contribution in [2.75, 3.05) is 0 Å². The van der Waals surface area contributed by atoms with Gasteiger partial charge in [0, 0.05) is 10.6 Å². The van der Waals surface area contributed by atoms with Crippen LogP contribution in [0.2, 0.25) is 5.02 Å². The maximum atomic E-state index is 12.2. The zero-order chi connectivity index (χ0) is 15.7. The minimum atomic E-state index is -0.142. The van der Waals surface area contributed by atoms with Crippen molar-refractivity contribution >= 4 is 33.8 Å². The van der Waals surface area contributed by atoms with E-state index < -0.39 is 0 Å². The van der Waals surface area contributed by atoms with Crippen LogP contribution in [0, 0.1) is 6.92 Å². The van der Waals surface area contributed by atoms with Gasteiger partial charge >= 0.3 is 0 Å². The second-order valence-electron chi connectivity index (χ2n) is 4.88. The molecule has 3 rings (SSSR count). The summed E-state index contributed by atoms with van der Waals surface area (Å²) in [4.78, 5) is 17.5. The Morgan fingerprint density at radius 2 is 2.09 bits per heavy atom. The van der Waals surface area contributed by atoms with Crippen LogP contribution in [0.25, 0.3) is 4.96 Å². The van der Waals surface area contributed by atoms with Crippen LogP contribution in [0.3, 0.4) is 0 Å². The van der Waals surface area contributed by atoms with Crippen LogP contribution in [0.5, 0.6) is 0 Å². The van der Waals surface area contributed by atoms with E-state index in [1.807, 2.05) is 11.4 Å². The number of hydrogen-bond acceptors (Lipinski definition) is 4. The number of aryl methyl sites for hydroxylation is 2. The van der Waals surface area contributed by atoms with Crippen LogP contribution in [0.4, 0.5) is 0 Å². The van der Waals surface area contributed by atoms with Gasteiger partial charge in [-0.2, -0.15) is 5.10 Å². The van der Waals surface area contributed by atoms with Gasteiger partial charge in [-0.25, -0.2) is 9.50 Å². The minimum absolute atomic E-state index is 0.142. The Labute approximate surface area is 136 Å². The Hall–Kier alpha value is -1.92. The van der Waals surface area contributed by atoms with Crippen molar-refractivity contribution in [3.63, 3.8) is 0 Å². The van der Waals surface area contributed by atoms with E-state index in [0.717, 1.165) is 27.8 Å². The second-order valence-corrected chi connectivity index (χ2v) is 6.35. The standard InChI is InChI=1S/C15H15ClN4OS/c1-3-13-19-20-12(9(2)18-15(20)22-13)8-17-14(21)10-4-6-11(16)7-5-10/h4-7H,3,8H2,1-2H3,(H,17,21). The average molecular weight is 335 g/mol. The first kappa shape index (κ1) is 15.0. The highest BCUT2D eigenvalue weighted by Crippen LogP contribution is 2.19. The van der Waals surface area contributed by atoms with Crippen LogP contribution in [0.1, 0.15) is 33.7 Å². The summed E-state index contributed by atoms with van der Waals surface area (Å²) in [5, 5.41) is 9.07. The highest BCUT2D eigenvalue weighted by molar-refractivity contribution is 7.16. The van der Waals surface area contributed by atoms with Crippen molar-refractivity contribution < 1.29 is 4.79 Å². The zero-order valence-electron chi connectivity index (χ0n) is 12.3. The van der Waals surface area contributed by atoms with Gasteiger partial charge < -0.3 is 5.32 Å². The van der Waals surface area contributed by atoms with Gasteiger partial charge in [0.25, 0.3) is 5.91 Å². The molecule has 0 unspecified atom stereocenters. The molecule has 2 aromatic heterocycles. The van der Waals surface area contributed by atoms with E-state index in [1.165, 1.54) is 0 Å². The number of halogens is 1. The Morgan fingerprint density at radius 3 is 2.77 bits per heavy atom. The summed E-state index contributed by atoms with van der Waals surface area (Å²) < 4.78 is 1.82. The van der Waals surface area contributed by atoms with E-state index in [-0.39, 0.29) is 5.91 Å². The normalized spacial score (nSPS) is 11.0. The first-order chi connectivity index (χ1) is 10.6. The SMILES string of the molecule is CCc1nn2c(CNC(=O)c3ccc(Cl)cc3)c(C)nc2s1. The number of hydrogen-bond donors (Lipinski definition) is 1. The molecule has 22 heavy (non-hydrogen) atoms. The van der Waals surface area contributed by atoms with Gasteiger partial charge in [-0.3, -0.25) is 4.79 Å². The highest BCUT2D eigenvalue weighted by atomic mass is 35.5. The predicted molar refractivity (Wildman–Crippen MR) is 87.6 cm³/mol. The van der Waals surface area contributed by atoms with E-state index in [9.17, 15) is 4.79 Å². The summed E-state index contributed by atoms with van der Waals surface area (Å²) in [6.45, 7) is 4.38. The average Bonchev–Trinajstić information content (AvgIpc) is 3.02. The fraction of sp³-hybridized carbons (Fsp3) is 0.267. The number of carbonyl (C=O) groups is 1. The quantitative estimate of drug-likeness (QED) is 0.796. The third-order valence-electron chi connectivity index (χ3n) is 3.36. The fourth-order valence-corrected chi connectivity index (χ4v) is 3.17. The van der Waals surface area contributed by atoms with E-state index in [0.29, 0.717) is 17.1 Å². The molecular formula is C15H15ClN4OS. The van der Waals surface area contributed by atoms with Crippen molar-refractivity contribution in [3.8, 4) is 0 Å². The number of rotatable bonds is 4. The molecule has 1 aromatic carbocycles. The van der Waals surface area contributed by atoms with Gasteiger partial charge in [-0.1, -0.05) is 29.9 Å². The van der Waals surface area contributed by atoms with E-state index in [4.69, 9.17) is 11.6 Å². The molecule has 0 aliphatic carbocycles. The van der Waals surface area contributed by atoms with Gasteiger partial charge in [0.15, 0.2) is 0 Å². The highest BCUT2D eigenvalue weighted by Gasteiger charge is 2.14. The summed E-state index contributed by atoms with van der Waals surface area (Å²) in [6, 6.07) is 6.81. The van der Waals surface area contributed by atoms with Gasteiger partial charge in [0.1, 0.15) is 5.01 Å². The predicted octanol–water partition coefficient (Wildman–Crippen LogP) is 3.25. The number of imidazole rings is 1. The van der Waals surface area contributed by atoms with Gasteiger partial charge in [0.2, 0.25) is 4.96 Å². The molecule has 0 aliphatic rings. The number of carbonyl (C=O) groups excluding carboxylic acids is 1. The van der Waals surface area contributed by atoms with Crippen LogP contribution in [0.15, 0.2) is 24.3 Å². The van der Waals surface area contributed by atoms with Crippen LogP contribution in [-0.4, -0.2) is 20.5 Å². The van der Waals surface area contributed by atoms with Crippen molar-refractivity contribution in [1.82, 2.24) is 19.9 Å². The second kappa shape index (κ2) is 6.06. The molecule has 0 saturated heterocycles. The fourth-order valence-electron chi connectivity index (χ4n) is 2.14. The van der Waals surface area contributed by atoms with Gasteiger partial charge in [0.05, 0.1) is 17.9 Å². The lowest BCUT2D eigenvalue weighted by atomic mass is 10.2. The molecule has 1 amide bonds. The van der Waals surface area contributed by atoms with Crippen molar-refractivity contribution in [2.24, 2.45) is 0 Å². The van der Waals surface area contributed by atoms with Crippen LogP contribution >= 0.6 is 22.9 Å². The van der Waals surface area contributed by atoms with Crippen LogP contribution in [-0.2, 0) is 13.0 Å².